The molecule has 3 aromatic rings. The van der Waals surface area contributed by atoms with E-state index in [0.717, 1.165) is 42.7 Å². The summed E-state index contributed by atoms with van der Waals surface area (Å²) in [6.07, 6.45) is 6.86. The number of amides is 1. The Kier molecular flexibility index (Phi) is 10.3. The van der Waals surface area contributed by atoms with Crippen LogP contribution >= 0.6 is 0 Å². The fourth-order valence-electron chi connectivity index (χ4n) is 7.00. The molecule has 50 heavy (non-hydrogen) atoms. The number of aliphatic hydroxyl groups excluding tert-OH is 1. The number of pyridine rings is 2. The highest BCUT2D eigenvalue weighted by Crippen LogP contribution is 2.45. The fraction of sp³-hybridized carbons (Fsp3) is 0.405. The lowest BCUT2D eigenvalue weighted by atomic mass is 9.84. The van der Waals surface area contributed by atoms with E-state index in [2.05, 4.69) is 26.3 Å². The normalized spacial score (nSPS) is 20.9. The molecule has 13 nitrogen and oxygen atoms in total. The lowest BCUT2D eigenvalue weighted by Gasteiger charge is -2.32. The van der Waals surface area contributed by atoms with E-state index in [1.54, 1.807) is 31.4 Å². The molecule has 2 aromatic heterocycles. The molecule has 0 bridgehead atoms. The highest BCUT2D eigenvalue weighted by molar-refractivity contribution is 6.12. The number of anilines is 2. The van der Waals surface area contributed by atoms with Crippen molar-refractivity contribution in [3.8, 4) is 5.75 Å². The van der Waals surface area contributed by atoms with Crippen LogP contribution < -0.4 is 20.7 Å². The van der Waals surface area contributed by atoms with Gasteiger partial charge in [0, 0.05) is 50.4 Å². The van der Waals surface area contributed by atoms with Crippen molar-refractivity contribution >= 4 is 40.9 Å². The standard InChI is InChI=1S/C37H46N10O3/c1-24(2)50-28-7-4-26(5-8-28)33(39)34-29(38)9-11-31(44-34)47-19-15-37(36(47)49)14-18-45(22-37)21-32(48)46-16-12-25(13-17-46)27-6-10-30(42-20-27)35(40)43-23-41-3/h4-12,20,23-24,36,39,49H,13-19,21-22,38H2,1-3H3,(H2,40,41,43)/t36?,37-/m0/s1. The number of hydrogen-bond donors (Lipinski definition) is 5. The van der Waals surface area contributed by atoms with Crippen molar-refractivity contribution < 1.29 is 14.6 Å². The van der Waals surface area contributed by atoms with Gasteiger partial charge in [0.1, 0.15) is 29.2 Å². The van der Waals surface area contributed by atoms with Crippen molar-refractivity contribution in [3.63, 3.8) is 0 Å². The van der Waals surface area contributed by atoms with Crippen LogP contribution in [0.4, 0.5) is 11.5 Å². The zero-order valence-electron chi connectivity index (χ0n) is 28.9. The van der Waals surface area contributed by atoms with Crippen LogP contribution in [0.3, 0.4) is 0 Å². The molecule has 2 saturated heterocycles. The second-order valence-electron chi connectivity index (χ2n) is 13.5. The summed E-state index contributed by atoms with van der Waals surface area (Å²) in [5, 5.41) is 31.3. The molecule has 3 aliphatic rings. The summed E-state index contributed by atoms with van der Waals surface area (Å²) >= 11 is 0. The third-order valence-electron chi connectivity index (χ3n) is 9.74. The Bertz CT molecular complexity index is 1790. The SMILES string of the molecule is CN/C=N\C(=N)c1ccc(C2=CCN(C(=O)CN3CC[C@]4(CCN(c5ccc(N)c(C(=N)c6ccc(OC(C)C)cc6)n5)C4O)C3)CC2)cn1. The molecule has 262 valence electrons. The van der Waals surface area contributed by atoms with Crippen molar-refractivity contribution in [2.45, 2.75) is 45.4 Å². The highest BCUT2D eigenvalue weighted by atomic mass is 16.5. The molecule has 6 rings (SSSR count). The summed E-state index contributed by atoms with van der Waals surface area (Å²) in [5.41, 5.74) is 10.2. The van der Waals surface area contributed by atoms with Crippen molar-refractivity contribution in [3.05, 3.63) is 83.3 Å². The van der Waals surface area contributed by atoms with Crippen molar-refractivity contribution in [2.24, 2.45) is 10.4 Å². The number of nitrogens with zero attached hydrogens (tertiary/aromatic N) is 6. The second kappa shape index (κ2) is 14.8. The highest BCUT2D eigenvalue weighted by Gasteiger charge is 2.51. The van der Waals surface area contributed by atoms with Gasteiger partial charge in [-0.15, -0.1) is 0 Å². The minimum atomic E-state index is -0.771. The number of benzene rings is 1. The first-order valence-electron chi connectivity index (χ1n) is 17.1. The van der Waals surface area contributed by atoms with Crippen LogP contribution in [0, 0.1) is 16.2 Å². The maximum atomic E-state index is 13.4. The first-order valence-corrected chi connectivity index (χ1v) is 17.1. The molecule has 1 spiro atoms. The van der Waals surface area contributed by atoms with E-state index in [1.165, 1.54) is 6.34 Å². The Morgan fingerprint density at radius 1 is 1.14 bits per heavy atom. The first kappa shape index (κ1) is 34.7. The Morgan fingerprint density at radius 3 is 2.60 bits per heavy atom. The van der Waals surface area contributed by atoms with Gasteiger partial charge in [-0.25, -0.2) is 9.98 Å². The maximum absolute atomic E-state index is 13.4. The quantitative estimate of drug-likeness (QED) is 0.159. The third kappa shape index (κ3) is 7.38. The first-order chi connectivity index (χ1) is 24.1. The third-order valence-corrected chi connectivity index (χ3v) is 9.74. The zero-order valence-corrected chi connectivity index (χ0v) is 28.9. The van der Waals surface area contributed by atoms with Gasteiger partial charge >= 0.3 is 0 Å². The molecule has 0 saturated carbocycles. The molecular formula is C37H46N10O3. The molecule has 0 aliphatic carbocycles. The van der Waals surface area contributed by atoms with Crippen LogP contribution in [0.2, 0.25) is 0 Å². The van der Waals surface area contributed by atoms with E-state index in [0.29, 0.717) is 61.2 Å². The van der Waals surface area contributed by atoms with E-state index < -0.39 is 6.23 Å². The summed E-state index contributed by atoms with van der Waals surface area (Å²) in [6, 6.07) is 14.6. The van der Waals surface area contributed by atoms with E-state index in [1.807, 2.05) is 54.0 Å². The van der Waals surface area contributed by atoms with E-state index in [4.69, 9.17) is 26.3 Å². The molecule has 1 unspecified atom stereocenters. The van der Waals surface area contributed by atoms with E-state index >= 15 is 0 Å². The van der Waals surface area contributed by atoms with Gasteiger partial charge in [0.15, 0.2) is 5.84 Å². The number of amidine groups is 1. The Hall–Kier alpha value is -5.14. The average Bonchev–Trinajstić information content (AvgIpc) is 3.68. The van der Waals surface area contributed by atoms with Gasteiger partial charge in [-0.3, -0.25) is 25.5 Å². The number of carbonyl (C=O) groups excluding carboxylic acids is 1. The minimum Gasteiger partial charge on any atom is -0.491 e. The Labute approximate surface area is 292 Å². The minimum absolute atomic E-state index is 0.0553. The molecule has 6 N–H and O–H groups in total. The molecule has 5 heterocycles. The maximum Gasteiger partial charge on any atom is 0.237 e. The summed E-state index contributed by atoms with van der Waals surface area (Å²) in [4.78, 5) is 32.5. The van der Waals surface area contributed by atoms with Crippen LogP contribution in [0.5, 0.6) is 5.75 Å². The van der Waals surface area contributed by atoms with E-state index in [9.17, 15) is 9.90 Å². The van der Waals surface area contributed by atoms with Gasteiger partial charge in [-0.2, -0.15) is 0 Å². The van der Waals surface area contributed by atoms with Gasteiger partial charge in [-0.1, -0.05) is 12.1 Å². The number of aliphatic imine (C=N–C) groups is 1. The predicted octanol–water partition coefficient (Wildman–Crippen LogP) is 3.37. The molecule has 1 amide bonds. The predicted molar refractivity (Wildman–Crippen MR) is 196 cm³/mol. The van der Waals surface area contributed by atoms with Crippen molar-refractivity contribution in [1.29, 1.82) is 10.8 Å². The van der Waals surface area contributed by atoms with Crippen LogP contribution in [-0.4, -0.2) is 107 Å². The van der Waals surface area contributed by atoms with Crippen LogP contribution in [0.1, 0.15) is 55.6 Å². The number of carbonyl (C=O) groups is 1. The summed E-state index contributed by atoms with van der Waals surface area (Å²) < 4.78 is 5.73. The Morgan fingerprint density at radius 2 is 1.92 bits per heavy atom. The fourth-order valence-corrected chi connectivity index (χ4v) is 7.00. The number of nitrogens with two attached hydrogens (primary N) is 1. The number of aliphatic hydroxyl groups is 1. The number of likely N-dealkylation sites (tertiary alicyclic amines) is 1. The van der Waals surface area contributed by atoms with Crippen LogP contribution in [0.25, 0.3) is 5.57 Å². The lowest BCUT2D eigenvalue weighted by Crippen LogP contribution is -2.44. The smallest absolute Gasteiger partial charge is 0.237 e. The number of nitrogens with one attached hydrogen (secondary N) is 3. The zero-order chi connectivity index (χ0) is 35.4. The molecule has 13 heteroatoms. The van der Waals surface area contributed by atoms with Crippen molar-refractivity contribution in [2.75, 3.05) is 56.9 Å². The van der Waals surface area contributed by atoms with Crippen LogP contribution in [-0.2, 0) is 4.79 Å². The van der Waals surface area contributed by atoms with E-state index in [-0.39, 0.29) is 29.0 Å². The molecular weight excluding hydrogens is 632 g/mol. The average molecular weight is 679 g/mol. The number of hydrogen-bond acceptors (Lipinski definition) is 10. The largest absolute Gasteiger partial charge is 0.491 e. The van der Waals surface area contributed by atoms with Gasteiger partial charge in [-0.05, 0) is 93.3 Å². The monoisotopic (exact) mass is 678 g/mol. The summed E-state index contributed by atoms with van der Waals surface area (Å²) in [7, 11) is 1.73. The number of rotatable bonds is 10. The second-order valence-corrected chi connectivity index (χ2v) is 13.5. The number of aromatic nitrogens is 2. The number of nitrogen functional groups attached to an aromatic ring is 1. The van der Waals surface area contributed by atoms with Crippen LogP contribution in [0.15, 0.2) is 65.8 Å². The Balaban J connectivity index is 1.04. The molecule has 0 radical (unpaired) electrons. The summed E-state index contributed by atoms with van der Waals surface area (Å²) in [6.45, 7) is 7.38. The topological polar surface area (TPSA) is 180 Å². The molecule has 2 fully saturated rings. The molecule has 3 aliphatic heterocycles. The van der Waals surface area contributed by atoms with Gasteiger partial charge < -0.3 is 30.7 Å². The van der Waals surface area contributed by atoms with Gasteiger partial charge in [0.25, 0.3) is 0 Å². The molecule has 2 atom stereocenters. The lowest BCUT2D eigenvalue weighted by molar-refractivity contribution is -0.131. The van der Waals surface area contributed by atoms with Gasteiger partial charge in [0.05, 0.1) is 30.4 Å². The summed E-state index contributed by atoms with van der Waals surface area (Å²) in [5.74, 6) is 1.49. The van der Waals surface area contributed by atoms with Crippen molar-refractivity contribution in [1.82, 2.24) is 25.1 Å². The number of ether oxygens (including phenoxy) is 1. The molecule has 1 aromatic carbocycles. The van der Waals surface area contributed by atoms with Gasteiger partial charge in [0.2, 0.25) is 5.91 Å².